The van der Waals surface area contributed by atoms with Crippen molar-refractivity contribution in [2.75, 3.05) is 13.6 Å². The van der Waals surface area contributed by atoms with Crippen LogP contribution in [0, 0.1) is 0 Å². The highest BCUT2D eigenvalue weighted by Gasteiger charge is 2.13. The first kappa shape index (κ1) is 17.7. The second-order valence-electron chi connectivity index (χ2n) is 6.49. The number of aromatic amines is 2. The number of imidazole rings is 1. The lowest BCUT2D eigenvalue weighted by molar-refractivity contribution is 0.208. The van der Waals surface area contributed by atoms with Crippen LogP contribution in [0.3, 0.4) is 0 Å². The van der Waals surface area contributed by atoms with Crippen molar-refractivity contribution in [3.63, 3.8) is 0 Å². The number of fused-ring (bicyclic) bond motifs is 1. The van der Waals surface area contributed by atoms with Crippen LogP contribution >= 0.6 is 0 Å². The van der Waals surface area contributed by atoms with Gasteiger partial charge in [0, 0.05) is 32.5 Å². The Bertz CT molecular complexity index is 955. The molecule has 3 rings (SSSR count). The lowest BCUT2D eigenvalue weighted by atomic mass is 10.2. The molecule has 1 aromatic carbocycles. The van der Waals surface area contributed by atoms with Gasteiger partial charge in [-0.3, -0.25) is 0 Å². The molecule has 2 amide bonds. The molecule has 0 radical (unpaired) electrons. The molecule has 0 bridgehead atoms. The van der Waals surface area contributed by atoms with Gasteiger partial charge in [-0.05, 0) is 17.7 Å². The second-order valence-corrected chi connectivity index (χ2v) is 6.49. The molecule has 0 aliphatic rings. The molecular weight excluding hydrogens is 336 g/mol. The number of nitrogens with zero attached hydrogens (tertiary/aromatic N) is 3. The Balaban J connectivity index is 1.50. The number of benzene rings is 1. The van der Waals surface area contributed by atoms with Gasteiger partial charge in [0.2, 0.25) is 5.89 Å². The van der Waals surface area contributed by atoms with E-state index in [-0.39, 0.29) is 17.6 Å². The molecule has 0 aliphatic carbocycles. The quantitative estimate of drug-likeness (QED) is 0.620. The molecule has 0 atom stereocenters. The minimum absolute atomic E-state index is 0.185. The fourth-order valence-corrected chi connectivity index (χ4v) is 2.48. The van der Waals surface area contributed by atoms with Gasteiger partial charge in [0.25, 0.3) is 0 Å². The van der Waals surface area contributed by atoms with Crippen molar-refractivity contribution in [2.45, 2.75) is 32.7 Å². The summed E-state index contributed by atoms with van der Waals surface area (Å²) in [7, 11) is 1.71. The third-order valence-electron chi connectivity index (χ3n) is 4.02. The van der Waals surface area contributed by atoms with E-state index in [2.05, 4.69) is 25.4 Å². The summed E-state index contributed by atoms with van der Waals surface area (Å²) in [6.45, 7) is 4.81. The Hall–Kier alpha value is -3.10. The van der Waals surface area contributed by atoms with Crippen molar-refractivity contribution in [1.82, 2.24) is 30.3 Å². The SMILES string of the molecule is CC(C)c1nc(CCN(C)C(=O)NCc2ccc3[nH]c(=O)[nH]c3c2)no1. The monoisotopic (exact) mass is 358 g/mol. The van der Waals surface area contributed by atoms with Gasteiger partial charge in [0.05, 0.1) is 11.0 Å². The van der Waals surface area contributed by atoms with Gasteiger partial charge in [0.15, 0.2) is 5.82 Å². The Kier molecular flexibility index (Phi) is 5.06. The molecule has 0 aliphatic heterocycles. The minimum atomic E-state index is -0.247. The molecule has 2 heterocycles. The lowest BCUT2D eigenvalue weighted by Gasteiger charge is -2.17. The maximum atomic E-state index is 12.2. The summed E-state index contributed by atoms with van der Waals surface area (Å²) >= 11 is 0. The molecule has 0 spiro atoms. The highest BCUT2D eigenvalue weighted by molar-refractivity contribution is 5.76. The lowest BCUT2D eigenvalue weighted by Crippen LogP contribution is -2.38. The van der Waals surface area contributed by atoms with Crippen LogP contribution in [0.5, 0.6) is 0 Å². The van der Waals surface area contributed by atoms with E-state index in [0.29, 0.717) is 36.7 Å². The number of likely N-dealkylation sites (N-methyl/N-ethyl adjacent to an activating group) is 1. The molecule has 3 N–H and O–H groups in total. The number of nitrogens with one attached hydrogen (secondary N) is 3. The van der Waals surface area contributed by atoms with E-state index < -0.39 is 0 Å². The zero-order valence-electron chi connectivity index (χ0n) is 15.0. The van der Waals surface area contributed by atoms with Gasteiger partial charge >= 0.3 is 11.7 Å². The highest BCUT2D eigenvalue weighted by Crippen LogP contribution is 2.11. The number of carbonyl (C=O) groups is 1. The van der Waals surface area contributed by atoms with Crippen LogP contribution in [0.15, 0.2) is 27.5 Å². The maximum absolute atomic E-state index is 12.2. The summed E-state index contributed by atoms with van der Waals surface area (Å²) < 4.78 is 5.15. The number of urea groups is 1. The van der Waals surface area contributed by atoms with Crippen LogP contribution in [-0.2, 0) is 13.0 Å². The number of amides is 2. The molecule has 3 aromatic rings. The van der Waals surface area contributed by atoms with Gasteiger partial charge in [-0.15, -0.1) is 0 Å². The molecule has 0 saturated heterocycles. The van der Waals surface area contributed by atoms with Gasteiger partial charge in [0.1, 0.15) is 0 Å². The molecule has 2 aromatic heterocycles. The Morgan fingerprint density at radius 3 is 2.81 bits per heavy atom. The van der Waals surface area contributed by atoms with E-state index in [9.17, 15) is 9.59 Å². The number of hydrogen-bond acceptors (Lipinski definition) is 5. The highest BCUT2D eigenvalue weighted by atomic mass is 16.5. The number of carbonyl (C=O) groups excluding carboxylic acids is 1. The summed E-state index contributed by atoms with van der Waals surface area (Å²) in [6.07, 6.45) is 0.524. The van der Waals surface area contributed by atoms with Gasteiger partial charge < -0.3 is 24.7 Å². The maximum Gasteiger partial charge on any atom is 0.323 e. The zero-order chi connectivity index (χ0) is 18.7. The van der Waals surface area contributed by atoms with Crippen LogP contribution < -0.4 is 11.0 Å². The fourth-order valence-electron chi connectivity index (χ4n) is 2.48. The molecule has 0 saturated carbocycles. The first-order valence-corrected chi connectivity index (χ1v) is 8.44. The summed E-state index contributed by atoms with van der Waals surface area (Å²) in [5.74, 6) is 1.38. The number of hydrogen-bond donors (Lipinski definition) is 3. The Morgan fingerprint density at radius 2 is 2.08 bits per heavy atom. The van der Waals surface area contributed by atoms with Crippen LogP contribution in [-0.4, -0.2) is 44.6 Å². The number of aromatic nitrogens is 4. The first-order valence-electron chi connectivity index (χ1n) is 8.44. The van der Waals surface area contributed by atoms with E-state index in [4.69, 9.17) is 4.52 Å². The Morgan fingerprint density at radius 1 is 1.31 bits per heavy atom. The predicted molar refractivity (Wildman–Crippen MR) is 95.9 cm³/mol. The average molecular weight is 358 g/mol. The summed E-state index contributed by atoms with van der Waals surface area (Å²) in [5, 5.41) is 6.77. The number of rotatable bonds is 6. The van der Waals surface area contributed by atoms with Crippen LogP contribution in [0.25, 0.3) is 11.0 Å². The molecule has 26 heavy (non-hydrogen) atoms. The van der Waals surface area contributed by atoms with E-state index >= 15 is 0 Å². The normalized spacial score (nSPS) is 11.2. The summed E-state index contributed by atoms with van der Waals surface area (Å²) in [5.41, 5.74) is 2.11. The molecule has 138 valence electrons. The van der Waals surface area contributed by atoms with Crippen molar-refractivity contribution in [3.8, 4) is 0 Å². The Labute approximate surface area is 149 Å². The molecule has 9 heteroatoms. The van der Waals surface area contributed by atoms with Gasteiger partial charge in [-0.1, -0.05) is 25.1 Å². The van der Waals surface area contributed by atoms with E-state index in [0.717, 1.165) is 11.1 Å². The van der Waals surface area contributed by atoms with E-state index in [1.165, 1.54) is 0 Å². The molecule has 0 fully saturated rings. The second kappa shape index (κ2) is 7.42. The smallest absolute Gasteiger partial charge is 0.323 e. The van der Waals surface area contributed by atoms with Crippen molar-refractivity contribution in [3.05, 3.63) is 46.0 Å². The van der Waals surface area contributed by atoms with Crippen LogP contribution in [0.2, 0.25) is 0 Å². The van der Waals surface area contributed by atoms with E-state index in [1.54, 1.807) is 18.0 Å². The molecule has 9 nitrogen and oxygen atoms in total. The number of H-pyrrole nitrogens is 2. The molecule has 0 unspecified atom stereocenters. The van der Waals surface area contributed by atoms with Gasteiger partial charge in [-0.25, -0.2) is 9.59 Å². The predicted octanol–water partition coefficient (Wildman–Crippen LogP) is 1.75. The van der Waals surface area contributed by atoms with Crippen LogP contribution in [0.1, 0.15) is 37.0 Å². The zero-order valence-corrected chi connectivity index (χ0v) is 15.0. The van der Waals surface area contributed by atoms with Crippen LogP contribution in [0.4, 0.5) is 4.79 Å². The summed E-state index contributed by atoms with van der Waals surface area (Å²) in [4.78, 5) is 34.7. The fraction of sp³-hybridized carbons (Fsp3) is 0.412. The van der Waals surface area contributed by atoms with Crippen molar-refractivity contribution in [1.29, 1.82) is 0 Å². The third-order valence-corrected chi connectivity index (χ3v) is 4.02. The van der Waals surface area contributed by atoms with E-state index in [1.807, 2.05) is 26.0 Å². The van der Waals surface area contributed by atoms with Crippen molar-refractivity contribution >= 4 is 17.1 Å². The minimum Gasteiger partial charge on any atom is -0.339 e. The summed E-state index contributed by atoms with van der Waals surface area (Å²) in [6, 6.07) is 5.31. The average Bonchev–Trinajstić information content (AvgIpc) is 3.22. The largest absolute Gasteiger partial charge is 0.339 e. The molecular formula is C17H22N6O3. The van der Waals surface area contributed by atoms with Gasteiger partial charge in [-0.2, -0.15) is 4.98 Å². The topological polar surface area (TPSA) is 120 Å². The third kappa shape index (κ3) is 4.11. The standard InChI is InChI=1S/C17H22N6O3/c1-10(2)15-21-14(22-26-15)6-7-23(3)17(25)18-9-11-4-5-12-13(8-11)20-16(24)19-12/h4-5,8,10H,6-7,9H2,1-3H3,(H,18,25)(H2,19,20,24). The first-order chi connectivity index (χ1) is 12.4. The van der Waals surface area contributed by atoms with Crippen molar-refractivity contribution < 1.29 is 9.32 Å². The van der Waals surface area contributed by atoms with Crippen molar-refractivity contribution in [2.24, 2.45) is 0 Å².